The fourth-order valence-electron chi connectivity index (χ4n) is 3.26. The largest absolute Gasteiger partial charge is 0.316 e. The molecule has 0 unspecified atom stereocenters. The fourth-order valence-corrected chi connectivity index (χ4v) is 3.97. The first-order chi connectivity index (χ1) is 9.14. The van der Waals surface area contributed by atoms with Crippen LogP contribution in [0.3, 0.4) is 0 Å². The van der Waals surface area contributed by atoms with Crippen LogP contribution in [0.15, 0.2) is 28.7 Å². The van der Waals surface area contributed by atoms with Gasteiger partial charge >= 0.3 is 0 Å². The summed E-state index contributed by atoms with van der Waals surface area (Å²) in [6.07, 6.45) is 6.77. The van der Waals surface area contributed by atoms with Crippen molar-refractivity contribution in [3.8, 4) is 0 Å². The number of benzene rings is 1. The number of hydrogen-bond acceptors (Lipinski definition) is 1. The molecule has 0 aliphatic heterocycles. The first-order valence-corrected chi connectivity index (χ1v) is 8.39. The van der Waals surface area contributed by atoms with E-state index in [1.54, 1.807) is 0 Å². The van der Waals surface area contributed by atoms with Gasteiger partial charge in [0.15, 0.2) is 0 Å². The van der Waals surface area contributed by atoms with Crippen molar-refractivity contribution in [1.29, 1.82) is 0 Å². The molecule has 106 valence electrons. The second kappa shape index (κ2) is 6.90. The van der Waals surface area contributed by atoms with Gasteiger partial charge in [0.2, 0.25) is 0 Å². The van der Waals surface area contributed by atoms with E-state index in [9.17, 15) is 0 Å². The van der Waals surface area contributed by atoms with Gasteiger partial charge in [0.1, 0.15) is 0 Å². The van der Waals surface area contributed by atoms with Gasteiger partial charge in [-0.3, -0.25) is 0 Å². The quantitative estimate of drug-likeness (QED) is 0.812. The smallest absolute Gasteiger partial charge is 0.0213 e. The van der Waals surface area contributed by atoms with Gasteiger partial charge in [-0.1, -0.05) is 67.2 Å². The molecule has 1 aliphatic carbocycles. The minimum absolute atomic E-state index is 0.341. The molecular weight excluding hydrogens is 298 g/mol. The lowest BCUT2D eigenvalue weighted by Gasteiger charge is -2.39. The lowest BCUT2D eigenvalue weighted by atomic mass is 9.69. The summed E-state index contributed by atoms with van der Waals surface area (Å²) in [6.45, 7) is 6.79. The summed E-state index contributed by atoms with van der Waals surface area (Å²) in [6, 6.07) is 8.80. The monoisotopic (exact) mass is 323 g/mol. The van der Waals surface area contributed by atoms with E-state index in [1.807, 2.05) is 0 Å². The molecule has 1 aromatic carbocycles. The molecule has 1 saturated carbocycles. The number of hydrogen-bond donors (Lipinski definition) is 1. The van der Waals surface area contributed by atoms with E-state index in [-0.39, 0.29) is 0 Å². The Morgan fingerprint density at radius 1 is 1.16 bits per heavy atom. The second-order valence-corrected chi connectivity index (χ2v) is 7.20. The van der Waals surface area contributed by atoms with Gasteiger partial charge in [0, 0.05) is 16.4 Å². The molecule has 19 heavy (non-hydrogen) atoms. The number of nitrogens with one attached hydrogen (secondary N) is 1. The van der Waals surface area contributed by atoms with Crippen molar-refractivity contribution in [3.63, 3.8) is 0 Å². The Morgan fingerprint density at radius 3 is 2.47 bits per heavy atom. The first-order valence-electron chi connectivity index (χ1n) is 7.60. The van der Waals surface area contributed by atoms with Crippen LogP contribution in [0.5, 0.6) is 0 Å². The van der Waals surface area contributed by atoms with Crippen molar-refractivity contribution in [2.75, 3.05) is 13.1 Å². The average molecular weight is 324 g/mol. The number of rotatable bonds is 5. The van der Waals surface area contributed by atoms with E-state index in [0.29, 0.717) is 5.41 Å². The molecule has 0 aromatic heterocycles. The zero-order valence-electron chi connectivity index (χ0n) is 12.2. The Hall–Kier alpha value is -0.340. The summed E-state index contributed by atoms with van der Waals surface area (Å²) in [5.74, 6) is 0.722. The van der Waals surface area contributed by atoms with Gasteiger partial charge in [-0.25, -0.2) is 0 Å². The highest BCUT2D eigenvalue weighted by molar-refractivity contribution is 9.10. The first kappa shape index (κ1) is 15.1. The van der Waals surface area contributed by atoms with Crippen molar-refractivity contribution >= 4 is 15.9 Å². The van der Waals surface area contributed by atoms with Gasteiger partial charge in [0.05, 0.1) is 0 Å². The predicted octanol–water partition coefficient (Wildman–Crippen LogP) is 4.90. The third-order valence-electron chi connectivity index (χ3n) is 4.27. The Kier molecular flexibility index (Phi) is 5.47. The van der Waals surface area contributed by atoms with Crippen molar-refractivity contribution in [1.82, 2.24) is 5.32 Å². The molecule has 0 amide bonds. The molecule has 1 N–H and O–H groups in total. The van der Waals surface area contributed by atoms with Crippen LogP contribution in [0.2, 0.25) is 0 Å². The van der Waals surface area contributed by atoms with E-state index in [1.165, 1.54) is 42.1 Å². The average Bonchev–Trinajstić information content (AvgIpc) is 2.40. The van der Waals surface area contributed by atoms with Gasteiger partial charge in [-0.05, 0) is 36.9 Å². The Bertz CT molecular complexity index is 394. The van der Waals surface area contributed by atoms with Crippen molar-refractivity contribution in [2.24, 2.45) is 5.92 Å². The third-order valence-corrected chi connectivity index (χ3v) is 4.96. The summed E-state index contributed by atoms with van der Waals surface area (Å²) in [7, 11) is 0. The maximum atomic E-state index is 3.76. The standard InChI is InChI=1S/C17H26BrN/c1-14(2)12-19-13-17(10-6-3-7-11-17)15-8-4-5-9-16(15)18/h4-5,8-9,14,19H,3,6-7,10-13H2,1-2H3. The molecular formula is C17H26BrN. The van der Waals surface area contributed by atoms with Crippen LogP contribution in [0, 0.1) is 5.92 Å². The number of halogens is 1. The topological polar surface area (TPSA) is 12.0 Å². The van der Waals surface area contributed by atoms with Crippen LogP contribution in [-0.4, -0.2) is 13.1 Å². The SMILES string of the molecule is CC(C)CNCC1(c2ccccc2Br)CCCCC1. The molecule has 1 nitrogen and oxygen atoms in total. The van der Waals surface area contributed by atoms with E-state index in [4.69, 9.17) is 0 Å². The molecule has 0 saturated heterocycles. The lowest BCUT2D eigenvalue weighted by molar-refractivity contribution is 0.275. The van der Waals surface area contributed by atoms with Crippen LogP contribution >= 0.6 is 15.9 Å². The van der Waals surface area contributed by atoms with E-state index in [0.717, 1.165) is 19.0 Å². The molecule has 1 aromatic rings. The Labute approximate surface area is 126 Å². The van der Waals surface area contributed by atoms with Crippen LogP contribution in [-0.2, 0) is 5.41 Å². The van der Waals surface area contributed by atoms with Gasteiger partial charge in [0.25, 0.3) is 0 Å². The molecule has 0 radical (unpaired) electrons. The highest BCUT2D eigenvalue weighted by Gasteiger charge is 2.34. The highest BCUT2D eigenvalue weighted by Crippen LogP contribution is 2.41. The second-order valence-electron chi connectivity index (χ2n) is 6.35. The van der Waals surface area contributed by atoms with Crippen molar-refractivity contribution in [2.45, 2.75) is 51.4 Å². The van der Waals surface area contributed by atoms with Crippen LogP contribution in [0.4, 0.5) is 0 Å². The fraction of sp³-hybridized carbons (Fsp3) is 0.647. The summed E-state index contributed by atoms with van der Waals surface area (Å²) < 4.78 is 1.28. The van der Waals surface area contributed by atoms with Crippen LogP contribution in [0.1, 0.15) is 51.5 Å². The van der Waals surface area contributed by atoms with Crippen LogP contribution in [0.25, 0.3) is 0 Å². The van der Waals surface area contributed by atoms with Crippen molar-refractivity contribution in [3.05, 3.63) is 34.3 Å². The molecule has 2 heteroatoms. The third kappa shape index (κ3) is 3.82. The predicted molar refractivity (Wildman–Crippen MR) is 86.6 cm³/mol. The molecule has 0 spiro atoms. The minimum atomic E-state index is 0.341. The molecule has 1 fully saturated rings. The van der Waals surface area contributed by atoms with Gasteiger partial charge in [-0.2, -0.15) is 0 Å². The maximum Gasteiger partial charge on any atom is 0.0213 e. The van der Waals surface area contributed by atoms with Crippen LogP contribution < -0.4 is 5.32 Å². The summed E-state index contributed by atoms with van der Waals surface area (Å²) in [5.41, 5.74) is 1.85. The summed E-state index contributed by atoms with van der Waals surface area (Å²) >= 11 is 3.76. The molecule has 0 heterocycles. The Balaban J connectivity index is 2.17. The minimum Gasteiger partial charge on any atom is -0.316 e. The molecule has 0 atom stereocenters. The molecule has 1 aliphatic rings. The van der Waals surface area contributed by atoms with E-state index in [2.05, 4.69) is 59.4 Å². The van der Waals surface area contributed by atoms with Gasteiger partial charge in [-0.15, -0.1) is 0 Å². The van der Waals surface area contributed by atoms with E-state index >= 15 is 0 Å². The van der Waals surface area contributed by atoms with Gasteiger partial charge < -0.3 is 5.32 Å². The molecule has 2 rings (SSSR count). The van der Waals surface area contributed by atoms with E-state index < -0.39 is 0 Å². The maximum absolute atomic E-state index is 3.76. The molecule has 0 bridgehead atoms. The Morgan fingerprint density at radius 2 is 1.84 bits per heavy atom. The lowest BCUT2D eigenvalue weighted by Crippen LogP contribution is -2.41. The van der Waals surface area contributed by atoms with Crippen molar-refractivity contribution < 1.29 is 0 Å². The highest BCUT2D eigenvalue weighted by atomic mass is 79.9. The normalized spacial score (nSPS) is 18.7. The zero-order chi connectivity index (χ0) is 13.7. The summed E-state index contributed by atoms with van der Waals surface area (Å²) in [4.78, 5) is 0. The summed E-state index contributed by atoms with van der Waals surface area (Å²) in [5, 5.41) is 3.70. The zero-order valence-corrected chi connectivity index (χ0v) is 13.8.